The molecule has 0 N–H and O–H groups in total. The van der Waals surface area contributed by atoms with Gasteiger partial charge in [0.25, 0.3) is 5.56 Å². The van der Waals surface area contributed by atoms with Crippen LogP contribution in [-0.4, -0.2) is 29.2 Å². The molecule has 1 unspecified atom stereocenters. The molecule has 0 spiro atoms. The molecular formula is C15H23N3O2. The van der Waals surface area contributed by atoms with Gasteiger partial charge in [-0.25, -0.2) is 4.68 Å². The molecule has 1 aromatic heterocycles. The van der Waals surface area contributed by atoms with Crippen LogP contribution in [0, 0.1) is 5.92 Å². The first kappa shape index (κ1) is 14.8. The topological polar surface area (TPSA) is 55.2 Å². The predicted molar refractivity (Wildman–Crippen MR) is 79.0 cm³/mol. The van der Waals surface area contributed by atoms with Gasteiger partial charge in [-0.15, -0.1) is 0 Å². The Morgan fingerprint density at radius 3 is 2.85 bits per heavy atom. The molecule has 0 amide bonds. The first-order valence-corrected chi connectivity index (χ1v) is 7.43. The summed E-state index contributed by atoms with van der Waals surface area (Å²) in [6, 6.07) is 1.62. The molecule has 0 bridgehead atoms. The van der Waals surface area contributed by atoms with E-state index in [0.29, 0.717) is 18.7 Å². The molecule has 20 heavy (non-hydrogen) atoms. The van der Waals surface area contributed by atoms with E-state index in [1.54, 1.807) is 12.3 Å². The third-order valence-corrected chi connectivity index (χ3v) is 3.98. The van der Waals surface area contributed by atoms with Crippen molar-refractivity contribution in [3.05, 3.63) is 22.6 Å². The fourth-order valence-corrected chi connectivity index (χ4v) is 2.74. The highest BCUT2D eigenvalue weighted by molar-refractivity contribution is 5.82. The summed E-state index contributed by atoms with van der Waals surface area (Å²) < 4.78 is 1.47. The zero-order valence-electron chi connectivity index (χ0n) is 12.3. The Morgan fingerprint density at radius 1 is 1.45 bits per heavy atom. The molecule has 1 aliphatic rings. The average molecular weight is 277 g/mol. The Bertz CT molecular complexity index is 524. The highest BCUT2D eigenvalue weighted by atomic mass is 16.1. The molecule has 5 nitrogen and oxygen atoms in total. The molecule has 1 aliphatic carbocycles. The van der Waals surface area contributed by atoms with Crippen LogP contribution in [-0.2, 0) is 11.3 Å². The number of hydrogen-bond acceptors (Lipinski definition) is 4. The summed E-state index contributed by atoms with van der Waals surface area (Å²) >= 11 is 0. The molecule has 0 radical (unpaired) electrons. The Morgan fingerprint density at radius 2 is 2.25 bits per heavy atom. The van der Waals surface area contributed by atoms with Crippen molar-refractivity contribution < 1.29 is 4.79 Å². The van der Waals surface area contributed by atoms with Gasteiger partial charge in [0.2, 0.25) is 0 Å². The summed E-state index contributed by atoms with van der Waals surface area (Å²) in [5.74, 6) is 0.475. The summed E-state index contributed by atoms with van der Waals surface area (Å²) in [4.78, 5) is 25.6. The third kappa shape index (κ3) is 3.46. The molecule has 1 saturated carbocycles. The first-order valence-electron chi connectivity index (χ1n) is 7.43. The molecule has 2 rings (SSSR count). The Kier molecular flexibility index (Phi) is 4.93. The lowest BCUT2D eigenvalue weighted by molar-refractivity contribution is -0.120. The second-order valence-corrected chi connectivity index (χ2v) is 5.54. The van der Waals surface area contributed by atoms with Gasteiger partial charge in [0.05, 0.1) is 11.9 Å². The number of aryl methyl sites for hydroxylation is 1. The van der Waals surface area contributed by atoms with E-state index in [-0.39, 0.29) is 11.5 Å². The van der Waals surface area contributed by atoms with E-state index in [2.05, 4.69) is 12.0 Å². The van der Waals surface area contributed by atoms with Gasteiger partial charge in [-0.2, -0.15) is 5.10 Å². The molecule has 1 heterocycles. The third-order valence-electron chi connectivity index (χ3n) is 3.98. The molecule has 1 fully saturated rings. The smallest absolute Gasteiger partial charge is 0.268 e. The number of ketones is 1. The lowest BCUT2D eigenvalue weighted by Gasteiger charge is -2.18. The van der Waals surface area contributed by atoms with Gasteiger partial charge < -0.3 is 4.90 Å². The molecule has 1 atom stereocenters. The minimum atomic E-state index is -0.0871. The minimum Gasteiger partial charge on any atom is -0.373 e. The molecule has 0 aliphatic heterocycles. The van der Waals surface area contributed by atoms with Crippen LogP contribution in [0.4, 0.5) is 5.69 Å². The van der Waals surface area contributed by atoms with Crippen LogP contribution in [0.25, 0.3) is 0 Å². The average Bonchev–Trinajstić information content (AvgIpc) is 2.83. The lowest BCUT2D eigenvalue weighted by atomic mass is 10.0. The highest BCUT2D eigenvalue weighted by Crippen LogP contribution is 2.24. The maximum Gasteiger partial charge on any atom is 0.268 e. The molecule has 0 saturated heterocycles. The summed E-state index contributed by atoms with van der Waals surface area (Å²) in [5.41, 5.74) is 0.765. The van der Waals surface area contributed by atoms with Gasteiger partial charge in [-0.05, 0) is 25.7 Å². The zero-order chi connectivity index (χ0) is 14.5. The van der Waals surface area contributed by atoms with E-state index in [1.165, 1.54) is 4.68 Å². The second-order valence-electron chi connectivity index (χ2n) is 5.54. The summed E-state index contributed by atoms with van der Waals surface area (Å²) in [5, 5.41) is 4.22. The summed E-state index contributed by atoms with van der Waals surface area (Å²) in [7, 11) is 1.96. The van der Waals surface area contributed by atoms with Gasteiger partial charge in [0.1, 0.15) is 5.78 Å². The van der Waals surface area contributed by atoms with Crippen molar-refractivity contribution in [3.8, 4) is 0 Å². The number of Topliss-reactive ketones (excluding diaryl/α,β-unsaturated/α-hetero) is 1. The molecule has 5 heteroatoms. The number of aromatic nitrogens is 2. The lowest BCUT2D eigenvalue weighted by Crippen LogP contribution is -2.27. The van der Waals surface area contributed by atoms with Crippen LogP contribution < -0.4 is 10.5 Å². The van der Waals surface area contributed by atoms with E-state index in [9.17, 15) is 9.59 Å². The number of nitrogens with zero attached hydrogens (tertiary/aromatic N) is 3. The van der Waals surface area contributed by atoms with Crippen molar-refractivity contribution in [1.82, 2.24) is 9.78 Å². The molecular weight excluding hydrogens is 254 g/mol. The largest absolute Gasteiger partial charge is 0.373 e. The van der Waals surface area contributed by atoms with Crippen LogP contribution in [0.2, 0.25) is 0 Å². The summed E-state index contributed by atoms with van der Waals surface area (Å²) in [6.07, 6.45) is 6.15. The SMILES string of the molecule is CCCN(C)c1cnn(CCC2CCCC2=O)c(=O)c1. The van der Waals surface area contributed by atoms with Crippen molar-refractivity contribution in [1.29, 1.82) is 0 Å². The Hall–Kier alpha value is -1.65. The normalized spacial score (nSPS) is 18.5. The van der Waals surface area contributed by atoms with Crippen molar-refractivity contribution in [2.45, 2.75) is 45.6 Å². The molecule has 110 valence electrons. The number of hydrogen-bond donors (Lipinski definition) is 0. The first-order chi connectivity index (χ1) is 9.61. The maximum absolute atomic E-state index is 12.0. The van der Waals surface area contributed by atoms with Gasteiger partial charge in [-0.3, -0.25) is 9.59 Å². The number of rotatable bonds is 6. The van der Waals surface area contributed by atoms with Crippen molar-refractivity contribution in [3.63, 3.8) is 0 Å². The quantitative estimate of drug-likeness (QED) is 0.796. The van der Waals surface area contributed by atoms with E-state index in [4.69, 9.17) is 0 Å². The van der Waals surface area contributed by atoms with Crippen LogP contribution in [0.15, 0.2) is 17.1 Å². The van der Waals surface area contributed by atoms with Gasteiger partial charge in [0.15, 0.2) is 0 Å². The number of anilines is 1. The van der Waals surface area contributed by atoms with Crippen molar-refractivity contribution in [2.75, 3.05) is 18.5 Å². The maximum atomic E-state index is 12.0. The molecule has 1 aromatic rings. The van der Waals surface area contributed by atoms with Crippen molar-refractivity contribution in [2.24, 2.45) is 5.92 Å². The van der Waals surface area contributed by atoms with Crippen LogP contribution in [0.3, 0.4) is 0 Å². The predicted octanol–water partition coefficient (Wildman–Crippen LogP) is 1.85. The van der Waals surface area contributed by atoms with Gasteiger partial charge in [-0.1, -0.05) is 6.92 Å². The zero-order valence-corrected chi connectivity index (χ0v) is 12.3. The Labute approximate surface area is 119 Å². The van der Waals surface area contributed by atoms with E-state index in [1.807, 2.05) is 11.9 Å². The van der Waals surface area contributed by atoms with Gasteiger partial charge in [0, 0.05) is 38.5 Å². The van der Waals surface area contributed by atoms with E-state index >= 15 is 0 Å². The Balaban J connectivity index is 1.99. The fourth-order valence-electron chi connectivity index (χ4n) is 2.74. The molecule has 0 aromatic carbocycles. The van der Waals surface area contributed by atoms with Crippen molar-refractivity contribution >= 4 is 11.5 Å². The summed E-state index contributed by atoms with van der Waals surface area (Å²) in [6.45, 7) is 3.54. The number of carbonyl (C=O) groups excluding carboxylic acids is 1. The highest BCUT2D eigenvalue weighted by Gasteiger charge is 2.24. The van der Waals surface area contributed by atoms with Crippen LogP contribution in [0.1, 0.15) is 39.0 Å². The monoisotopic (exact) mass is 277 g/mol. The van der Waals surface area contributed by atoms with E-state index < -0.39 is 0 Å². The second kappa shape index (κ2) is 6.68. The van der Waals surface area contributed by atoms with Crippen LogP contribution in [0.5, 0.6) is 0 Å². The van der Waals surface area contributed by atoms with E-state index in [0.717, 1.165) is 37.9 Å². The van der Waals surface area contributed by atoms with Gasteiger partial charge >= 0.3 is 0 Å². The minimum absolute atomic E-state index is 0.0871. The van der Waals surface area contributed by atoms with Crippen LogP contribution >= 0.6 is 0 Å². The fraction of sp³-hybridized carbons (Fsp3) is 0.667. The number of carbonyl (C=O) groups is 1. The standard InChI is InChI=1S/C15H23N3O2/c1-3-8-17(2)13-10-15(20)18(16-11-13)9-7-12-5-4-6-14(12)19/h10-12H,3-9H2,1-2H3.